The number of aliphatic carboxylic acids is 1. The van der Waals surface area contributed by atoms with Gasteiger partial charge in [0.2, 0.25) is 0 Å². The SMILES string of the molecule is Cc1cc(C(=O)N2c3ccccc3C[C@H]2C(=O)O)co1. The van der Waals surface area contributed by atoms with Gasteiger partial charge in [-0.05, 0) is 24.6 Å². The topological polar surface area (TPSA) is 70.8 Å². The number of para-hydroxylation sites is 1. The maximum absolute atomic E-state index is 12.5. The van der Waals surface area contributed by atoms with Crippen molar-refractivity contribution in [1.29, 1.82) is 0 Å². The van der Waals surface area contributed by atoms with Crippen molar-refractivity contribution in [1.82, 2.24) is 0 Å². The van der Waals surface area contributed by atoms with E-state index < -0.39 is 12.0 Å². The lowest BCUT2D eigenvalue weighted by molar-refractivity contribution is -0.138. The third-order valence-electron chi connectivity index (χ3n) is 3.46. The number of fused-ring (bicyclic) bond motifs is 1. The molecular formula is C15H13NO4. The second kappa shape index (κ2) is 4.52. The fraction of sp³-hybridized carbons (Fsp3) is 0.200. The van der Waals surface area contributed by atoms with Crippen LogP contribution in [0.1, 0.15) is 21.7 Å². The van der Waals surface area contributed by atoms with E-state index in [9.17, 15) is 14.7 Å². The van der Waals surface area contributed by atoms with Crippen molar-refractivity contribution >= 4 is 17.6 Å². The Bertz CT molecular complexity index is 689. The Labute approximate surface area is 115 Å². The van der Waals surface area contributed by atoms with E-state index in [1.54, 1.807) is 25.1 Å². The average Bonchev–Trinajstić information content (AvgIpc) is 3.01. The minimum atomic E-state index is -1.00. The molecule has 0 unspecified atom stereocenters. The number of furan rings is 1. The summed E-state index contributed by atoms with van der Waals surface area (Å²) in [5.41, 5.74) is 1.89. The van der Waals surface area contributed by atoms with Crippen molar-refractivity contribution in [2.75, 3.05) is 4.90 Å². The summed E-state index contributed by atoms with van der Waals surface area (Å²) >= 11 is 0. The summed E-state index contributed by atoms with van der Waals surface area (Å²) in [7, 11) is 0. The third kappa shape index (κ3) is 1.87. The van der Waals surface area contributed by atoms with Crippen LogP contribution in [0.4, 0.5) is 5.69 Å². The van der Waals surface area contributed by atoms with E-state index in [1.807, 2.05) is 12.1 Å². The van der Waals surface area contributed by atoms with E-state index >= 15 is 0 Å². The van der Waals surface area contributed by atoms with Crippen LogP contribution in [0, 0.1) is 6.92 Å². The molecule has 2 aromatic rings. The van der Waals surface area contributed by atoms with Gasteiger partial charge in [-0.15, -0.1) is 0 Å². The number of anilines is 1. The zero-order valence-electron chi connectivity index (χ0n) is 10.9. The lowest BCUT2D eigenvalue weighted by Crippen LogP contribution is -2.42. The van der Waals surface area contributed by atoms with Crippen LogP contribution in [0.15, 0.2) is 41.0 Å². The van der Waals surface area contributed by atoms with Gasteiger partial charge in [-0.2, -0.15) is 0 Å². The van der Waals surface area contributed by atoms with Gasteiger partial charge < -0.3 is 9.52 Å². The quantitative estimate of drug-likeness (QED) is 0.909. The van der Waals surface area contributed by atoms with Gasteiger partial charge in [0, 0.05) is 12.1 Å². The average molecular weight is 271 g/mol. The number of carbonyl (C=O) groups is 2. The van der Waals surface area contributed by atoms with Crippen molar-refractivity contribution in [3.8, 4) is 0 Å². The van der Waals surface area contributed by atoms with Crippen LogP contribution in [0.5, 0.6) is 0 Å². The molecule has 3 rings (SSSR count). The fourth-order valence-electron chi connectivity index (χ4n) is 2.53. The predicted molar refractivity (Wildman–Crippen MR) is 71.8 cm³/mol. The Hall–Kier alpha value is -2.56. The Balaban J connectivity index is 2.04. The van der Waals surface area contributed by atoms with Gasteiger partial charge in [-0.3, -0.25) is 9.69 Å². The molecule has 5 heteroatoms. The number of rotatable bonds is 2. The number of aryl methyl sites for hydroxylation is 1. The lowest BCUT2D eigenvalue weighted by atomic mass is 10.1. The van der Waals surface area contributed by atoms with Crippen LogP contribution in [0.2, 0.25) is 0 Å². The van der Waals surface area contributed by atoms with Crippen LogP contribution in [0.25, 0.3) is 0 Å². The number of benzene rings is 1. The maximum Gasteiger partial charge on any atom is 0.327 e. The number of carboxylic acids is 1. The fourth-order valence-corrected chi connectivity index (χ4v) is 2.53. The van der Waals surface area contributed by atoms with Crippen LogP contribution < -0.4 is 4.90 Å². The second-order valence-electron chi connectivity index (χ2n) is 4.81. The molecular weight excluding hydrogens is 258 g/mol. The van der Waals surface area contributed by atoms with Crippen LogP contribution >= 0.6 is 0 Å². The number of carbonyl (C=O) groups excluding carboxylic acids is 1. The highest BCUT2D eigenvalue weighted by Crippen LogP contribution is 2.33. The summed E-state index contributed by atoms with van der Waals surface area (Å²) < 4.78 is 5.13. The van der Waals surface area contributed by atoms with E-state index in [0.717, 1.165) is 5.56 Å². The van der Waals surface area contributed by atoms with Gasteiger partial charge in [0.15, 0.2) is 0 Å². The van der Waals surface area contributed by atoms with E-state index in [1.165, 1.54) is 11.2 Å². The summed E-state index contributed by atoms with van der Waals surface area (Å²) in [6.45, 7) is 1.74. The molecule has 1 amide bonds. The molecule has 20 heavy (non-hydrogen) atoms. The molecule has 0 spiro atoms. The van der Waals surface area contributed by atoms with Crippen molar-refractivity contribution in [3.63, 3.8) is 0 Å². The highest BCUT2D eigenvalue weighted by Gasteiger charge is 2.38. The highest BCUT2D eigenvalue weighted by atomic mass is 16.4. The monoisotopic (exact) mass is 271 g/mol. The first-order chi connectivity index (χ1) is 9.58. The minimum Gasteiger partial charge on any atom is -0.480 e. The summed E-state index contributed by atoms with van der Waals surface area (Å²) in [5, 5.41) is 9.34. The van der Waals surface area contributed by atoms with E-state index in [0.29, 0.717) is 23.4 Å². The van der Waals surface area contributed by atoms with Gasteiger partial charge in [0.25, 0.3) is 5.91 Å². The Morgan fingerprint density at radius 3 is 2.75 bits per heavy atom. The molecule has 1 N–H and O–H groups in total. The Morgan fingerprint density at radius 2 is 2.10 bits per heavy atom. The summed E-state index contributed by atoms with van der Waals surface area (Å²) in [6.07, 6.45) is 1.69. The van der Waals surface area contributed by atoms with Gasteiger partial charge in [0.05, 0.1) is 5.56 Å². The predicted octanol–water partition coefficient (Wildman–Crippen LogP) is 2.24. The smallest absolute Gasteiger partial charge is 0.327 e. The highest BCUT2D eigenvalue weighted by molar-refractivity contribution is 6.10. The zero-order valence-corrected chi connectivity index (χ0v) is 10.9. The normalized spacial score (nSPS) is 17.1. The molecule has 0 bridgehead atoms. The molecule has 102 valence electrons. The standard InChI is InChI=1S/C15H13NO4/c1-9-6-11(8-20-9)14(17)16-12-5-3-2-4-10(12)7-13(16)15(18)19/h2-6,8,13H,7H2,1H3,(H,18,19)/t13-/m0/s1. The number of amides is 1. The first-order valence-electron chi connectivity index (χ1n) is 6.27. The van der Waals surface area contributed by atoms with Crippen LogP contribution in [0.3, 0.4) is 0 Å². The first kappa shape index (κ1) is 12.5. The van der Waals surface area contributed by atoms with Gasteiger partial charge >= 0.3 is 5.97 Å². The molecule has 1 aliphatic heterocycles. The van der Waals surface area contributed by atoms with Crippen molar-refractivity contribution in [2.45, 2.75) is 19.4 Å². The molecule has 5 nitrogen and oxygen atoms in total. The van der Waals surface area contributed by atoms with Crippen molar-refractivity contribution < 1.29 is 19.1 Å². The molecule has 1 aliphatic rings. The number of hydrogen-bond acceptors (Lipinski definition) is 3. The maximum atomic E-state index is 12.5. The molecule has 1 atom stereocenters. The molecule has 0 saturated carbocycles. The number of nitrogens with zero attached hydrogens (tertiary/aromatic N) is 1. The molecule has 0 radical (unpaired) electrons. The van der Waals surface area contributed by atoms with Gasteiger partial charge in [0.1, 0.15) is 18.1 Å². The molecule has 2 heterocycles. The van der Waals surface area contributed by atoms with Crippen molar-refractivity contribution in [2.24, 2.45) is 0 Å². The number of carboxylic acid groups (broad SMARTS) is 1. The first-order valence-corrected chi connectivity index (χ1v) is 6.27. The van der Waals surface area contributed by atoms with E-state index in [-0.39, 0.29) is 5.91 Å². The Morgan fingerprint density at radius 1 is 1.35 bits per heavy atom. The third-order valence-corrected chi connectivity index (χ3v) is 3.46. The summed E-state index contributed by atoms with van der Waals surface area (Å²) in [5.74, 6) is -0.735. The zero-order chi connectivity index (χ0) is 14.3. The summed E-state index contributed by atoms with van der Waals surface area (Å²) in [6, 6.07) is 8.00. The van der Waals surface area contributed by atoms with Crippen LogP contribution in [-0.2, 0) is 11.2 Å². The minimum absolute atomic E-state index is 0.327. The molecule has 1 aromatic carbocycles. The van der Waals surface area contributed by atoms with E-state index in [2.05, 4.69) is 0 Å². The number of hydrogen-bond donors (Lipinski definition) is 1. The second-order valence-corrected chi connectivity index (χ2v) is 4.81. The molecule has 1 aromatic heterocycles. The van der Waals surface area contributed by atoms with Gasteiger partial charge in [-0.1, -0.05) is 18.2 Å². The molecule has 0 aliphatic carbocycles. The lowest BCUT2D eigenvalue weighted by Gasteiger charge is -2.21. The molecule has 0 fully saturated rings. The summed E-state index contributed by atoms with van der Waals surface area (Å²) in [4.78, 5) is 25.3. The van der Waals surface area contributed by atoms with Crippen molar-refractivity contribution in [3.05, 3.63) is 53.5 Å². The van der Waals surface area contributed by atoms with Gasteiger partial charge in [-0.25, -0.2) is 4.79 Å². The largest absolute Gasteiger partial charge is 0.480 e. The molecule has 0 saturated heterocycles. The van der Waals surface area contributed by atoms with Crippen LogP contribution in [-0.4, -0.2) is 23.0 Å². The Kier molecular flexibility index (Phi) is 2.82. The van der Waals surface area contributed by atoms with E-state index in [4.69, 9.17) is 4.42 Å².